The number of sulfonamides is 1. The summed E-state index contributed by atoms with van der Waals surface area (Å²) >= 11 is 0. The van der Waals surface area contributed by atoms with Gasteiger partial charge < -0.3 is 10.6 Å². The van der Waals surface area contributed by atoms with E-state index in [1.54, 1.807) is 28.6 Å². The van der Waals surface area contributed by atoms with Crippen molar-refractivity contribution < 1.29 is 13.2 Å². The summed E-state index contributed by atoms with van der Waals surface area (Å²) in [7, 11) is -3.43. The van der Waals surface area contributed by atoms with Gasteiger partial charge in [-0.05, 0) is 44.0 Å². The van der Waals surface area contributed by atoms with E-state index in [9.17, 15) is 13.2 Å². The molecule has 1 atom stereocenters. The van der Waals surface area contributed by atoms with Gasteiger partial charge in [-0.25, -0.2) is 8.42 Å². The zero-order valence-electron chi connectivity index (χ0n) is 15.7. The van der Waals surface area contributed by atoms with E-state index in [4.69, 9.17) is 0 Å². The van der Waals surface area contributed by atoms with Crippen LogP contribution in [0.5, 0.6) is 0 Å². The molecule has 27 heavy (non-hydrogen) atoms. The lowest BCUT2D eigenvalue weighted by Crippen LogP contribution is -2.51. The molecular weight excluding hydrogens is 388 g/mol. The highest BCUT2D eigenvalue weighted by Crippen LogP contribution is 2.22. The minimum absolute atomic E-state index is 0. The molecule has 2 fully saturated rings. The number of carbonyl (C=O) groups is 1. The Balaban J connectivity index is 0.00000261. The zero-order valence-corrected chi connectivity index (χ0v) is 17.3. The van der Waals surface area contributed by atoms with Gasteiger partial charge in [-0.1, -0.05) is 6.42 Å². The molecular formula is C18H29ClN4O3S. The predicted octanol–water partition coefficient (Wildman–Crippen LogP) is 1.52. The molecule has 2 N–H and O–H groups in total. The molecule has 3 rings (SSSR count). The Morgan fingerprint density at radius 2 is 1.81 bits per heavy atom. The third-order valence-corrected chi connectivity index (χ3v) is 6.99. The average molecular weight is 417 g/mol. The standard InChI is InChI=1S/C18H28N4O3S.ClH/c1-15-13-19-9-12-21(15)14-18(23)20-16-5-7-17(8-6-16)26(24,25)22-10-3-2-4-11-22;/h5-8,15,19H,2-4,9-14H2,1H3,(H,20,23);1H/t15-;/m1./s1. The van der Waals surface area contributed by atoms with Gasteiger partial charge in [-0.15, -0.1) is 12.4 Å². The smallest absolute Gasteiger partial charge is 0.243 e. The highest BCUT2D eigenvalue weighted by atomic mass is 35.5. The van der Waals surface area contributed by atoms with Gasteiger partial charge in [0.05, 0.1) is 11.4 Å². The largest absolute Gasteiger partial charge is 0.325 e. The van der Waals surface area contributed by atoms with E-state index in [-0.39, 0.29) is 23.2 Å². The lowest BCUT2D eigenvalue weighted by Gasteiger charge is -2.33. The molecule has 1 aromatic rings. The number of nitrogens with zero attached hydrogens (tertiary/aromatic N) is 2. The van der Waals surface area contributed by atoms with Crippen LogP contribution in [0.4, 0.5) is 5.69 Å². The molecule has 9 heteroatoms. The van der Waals surface area contributed by atoms with Crippen LogP contribution in [0.2, 0.25) is 0 Å². The molecule has 0 bridgehead atoms. The number of carbonyl (C=O) groups excluding carboxylic acids is 1. The fourth-order valence-electron chi connectivity index (χ4n) is 3.47. The second kappa shape index (κ2) is 9.84. The molecule has 0 aliphatic carbocycles. The second-order valence-corrected chi connectivity index (χ2v) is 9.00. The fourth-order valence-corrected chi connectivity index (χ4v) is 4.98. The maximum Gasteiger partial charge on any atom is 0.243 e. The van der Waals surface area contributed by atoms with Crippen LogP contribution in [-0.4, -0.2) is 68.8 Å². The second-order valence-electron chi connectivity index (χ2n) is 7.06. The number of rotatable bonds is 5. The molecule has 2 aliphatic heterocycles. The molecule has 1 aromatic carbocycles. The molecule has 0 spiro atoms. The van der Waals surface area contributed by atoms with Crippen molar-refractivity contribution in [2.45, 2.75) is 37.1 Å². The summed E-state index contributed by atoms with van der Waals surface area (Å²) < 4.78 is 26.8. The first kappa shape index (κ1) is 22.1. The number of hydrogen-bond donors (Lipinski definition) is 2. The van der Waals surface area contributed by atoms with Gasteiger partial charge in [0.2, 0.25) is 15.9 Å². The van der Waals surface area contributed by atoms with E-state index in [1.165, 1.54) is 0 Å². The molecule has 2 saturated heterocycles. The van der Waals surface area contributed by atoms with Gasteiger partial charge >= 0.3 is 0 Å². The van der Waals surface area contributed by atoms with Crippen molar-refractivity contribution in [3.8, 4) is 0 Å². The highest BCUT2D eigenvalue weighted by Gasteiger charge is 2.26. The van der Waals surface area contributed by atoms with Crippen LogP contribution in [-0.2, 0) is 14.8 Å². The first-order valence-corrected chi connectivity index (χ1v) is 10.8. The van der Waals surface area contributed by atoms with E-state index >= 15 is 0 Å². The topological polar surface area (TPSA) is 81.8 Å². The number of piperazine rings is 1. The maximum absolute atomic E-state index is 12.6. The van der Waals surface area contributed by atoms with Crippen molar-refractivity contribution in [3.05, 3.63) is 24.3 Å². The normalized spacial score (nSPS) is 22.0. The summed E-state index contributed by atoms with van der Waals surface area (Å²) in [5.41, 5.74) is 0.621. The molecule has 1 amide bonds. The van der Waals surface area contributed by atoms with Gasteiger partial charge in [0.15, 0.2) is 0 Å². The molecule has 0 aromatic heterocycles. The molecule has 2 heterocycles. The van der Waals surface area contributed by atoms with Crippen molar-refractivity contribution >= 4 is 34.0 Å². The minimum Gasteiger partial charge on any atom is -0.325 e. The molecule has 0 saturated carbocycles. The van der Waals surface area contributed by atoms with Crippen LogP contribution < -0.4 is 10.6 Å². The van der Waals surface area contributed by atoms with Crippen molar-refractivity contribution in [1.82, 2.24) is 14.5 Å². The number of amides is 1. The zero-order chi connectivity index (χ0) is 18.6. The third kappa shape index (κ3) is 5.65. The summed E-state index contributed by atoms with van der Waals surface area (Å²) in [4.78, 5) is 14.7. The van der Waals surface area contributed by atoms with Gasteiger partial charge in [-0.3, -0.25) is 9.69 Å². The maximum atomic E-state index is 12.6. The van der Waals surface area contributed by atoms with Gasteiger partial charge in [-0.2, -0.15) is 4.31 Å². The molecule has 0 radical (unpaired) electrons. The predicted molar refractivity (Wildman–Crippen MR) is 109 cm³/mol. The van der Waals surface area contributed by atoms with Crippen molar-refractivity contribution in [2.75, 3.05) is 44.6 Å². The fraction of sp³-hybridized carbons (Fsp3) is 0.611. The first-order valence-electron chi connectivity index (χ1n) is 9.31. The van der Waals surface area contributed by atoms with Crippen molar-refractivity contribution in [3.63, 3.8) is 0 Å². The third-order valence-electron chi connectivity index (χ3n) is 5.08. The van der Waals surface area contributed by atoms with E-state index < -0.39 is 10.0 Å². The summed E-state index contributed by atoms with van der Waals surface area (Å²) in [5, 5.41) is 6.16. The highest BCUT2D eigenvalue weighted by molar-refractivity contribution is 7.89. The average Bonchev–Trinajstić information content (AvgIpc) is 2.65. The minimum atomic E-state index is -3.43. The quantitative estimate of drug-likeness (QED) is 0.760. The molecule has 2 aliphatic rings. The van der Waals surface area contributed by atoms with Crippen LogP contribution >= 0.6 is 12.4 Å². The lowest BCUT2D eigenvalue weighted by molar-refractivity contribution is -0.118. The van der Waals surface area contributed by atoms with E-state index in [0.29, 0.717) is 31.4 Å². The molecule has 7 nitrogen and oxygen atoms in total. The Bertz CT molecular complexity index is 721. The monoisotopic (exact) mass is 416 g/mol. The van der Waals surface area contributed by atoms with Crippen LogP contribution in [0.1, 0.15) is 26.2 Å². The van der Waals surface area contributed by atoms with Gasteiger partial charge in [0, 0.05) is 44.5 Å². The SMILES string of the molecule is C[C@@H]1CNCCN1CC(=O)Nc1ccc(S(=O)(=O)N2CCCCC2)cc1.Cl. The number of benzene rings is 1. The molecule has 152 valence electrons. The summed E-state index contributed by atoms with van der Waals surface area (Å²) in [6, 6.07) is 6.80. The van der Waals surface area contributed by atoms with E-state index in [0.717, 1.165) is 38.9 Å². The van der Waals surface area contributed by atoms with Crippen molar-refractivity contribution in [2.24, 2.45) is 0 Å². The van der Waals surface area contributed by atoms with E-state index in [2.05, 4.69) is 22.5 Å². The number of halogens is 1. The van der Waals surface area contributed by atoms with Crippen LogP contribution in [0.3, 0.4) is 0 Å². The Kier molecular flexibility index (Phi) is 8.05. The van der Waals surface area contributed by atoms with Crippen LogP contribution in [0.15, 0.2) is 29.2 Å². The van der Waals surface area contributed by atoms with E-state index in [1.807, 2.05) is 0 Å². The Morgan fingerprint density at radius 1 is 1.15 bits per heavy atom. The number of hydrogen-bond acceptors (Lipinski definition) is 5. The van der Waals surface area contributed by atoms with Crippen molar-refractivity contribution in [1.29, 1.82) is 0 Å². The molecule has 0 unspecified atom stereocenters. The summed E-state index contributed by atoms with van der Waals surface area (Å²) in [5.74, 6) is -0.0783. The first-order chi connectivity index (χ1) is 12.5. The van der Waals surface area contributed by atoms with Gasteiger partial charge in [0.1, 0.15) is 0 Å². The summed E-state index contributed by atoms with van der Waals surface area (Å²) in [6.07, 6.45) is 2.91. The lowest BCUT2D eigenvalue weighted by atomic mass is 10.2. The van der Waals surface area contributed by atoms with Crippen LogP contribution in [0.25, 0.3) is 0 Å². The number of anilines is 1. The number of piperidine rings is 1. The van der Waals surface area contributed by atoms with Crippen LogP contribution in [0, 0.1) is 0 Å². The number of nitrogens with one attached hydrogen (secondary N) is 2. The Hall–Kier alpha value is -1.19. The Morgan fingerprint density at radius 3 is 2.44 bits per heavy atom. The summed E-state index contributed by atoms with van der Waals surface area (Å²) in [6.45, 7) is 6.24. The van der Waals surface area contributed by atoms with Gasteiger partial charge in [0.25, 0.3) is 0 Å². The Labute approximate surface area is 167 Å².